The number of aryl methyl sites for hydroxylation is 1. The van der Waals surface area contributed by atoms with Gasteiger partial charge in [-0.05, 0) is 149 Å². The molecule has 0 bridgehead atoms. The van der Waals surface area contributed by atoms with Gasteiger partial charge in [-0.15, -0.1) is 0 Å². The number of unbranched alkanes of at least 4 members (excludes halogenated alkanes) is 2. The molecule has 572 valence electrons. The number of carboxylic acid groups (broad SMARTS) is 1. The number of anilines is 2. The van der Waals surface area contributed by atoms with Crippen molar-refractivity contribution in [1.29, 1.82) is 0 Å². The fourth-order valence-electron chi connectivity index (χ4n) is 13.8. The molecule has 11 unspecified atom stereocenters. The number of aromatic hydroxyl groups is 2. The first kappa shape index (κ1) is 85.3. The van der Waals surface area contributed by atoms with Gasteiger partial charge in [0.05, 0.1) is 24.3 Å². The molecule has 3 aromatic carbocycles. The zero-order valence-corrected chi connectivity index (χ0v) is 63.4. The van der Waals surface area contributed by atoms with E-state index < -0.39 is 60.1 Å². The van der Waals surface area contributed by atoms with Crippen LogP contribution in [0.3, 0.4) is 0 Å². The number of benzene rings is 3. The lowest BCUT2D eigenvalue weighted by Crippen LogP contribution is -2.57. The number of rotatable bonds is 45. The second-order valence-corrected chi connectivity index (χ2v) is 28.4. The van der Waals surface area contributed by atoms with Crippen LogP contribution >= 0.6 is 0 Å². The minimum Gasteiger partial charge on any atom is -0.494 e. The summed E-state index contributed by atoms with van der Waals surface area (Å²) in [5, 5.41) is 47.9. The van der Waals surface area contributed by atoms with E-state index in [2.05, 4.69) is 57.6 Å². The SMILES string of the molecule is CCc1cc(O)n(CCCCCC(=O)NC(C(=O)NC(CCCNC(N)=O)C(=O)Nc2ccc(COC(=O)N(C)c3ccc(CCN(C)C(C(=O)NC(C)C(=O)N(C)C(C(C)CC)C(CCN4CCCC4C(OC)C(C)CNC(Cc4ccccc4)C(=O)O)OC)C(C)C)cc3)cc2)C(C)C)c1O. The Morgan fingerprint density at radius 2 is 1.40 bits per heavy atom. The molecule has 1 aliphatic rings. The highest BCUT2D eigenvalue weighted by molar-refractivity contribution is 5.98. The molecular formula is C77H120N12O14. The molecule has 11 N–H and O–H groups in total. The van der Waals surface area contributed by atoms with E-state index in [-0.39, 0.29) is 103 Å². The second kappa shape index (κ2) is 43.1. The lowest BCUT2D eigenvalue weighted by atomic mass is 9.90. The van der Waals surface area contributed by atoms with Crippen molar-refractivity contribution in [3.8, 4) is 11.8 Å². The summed E-state index contributed by atoms with van der Waals surface area (Å²) < 4.78 is 19.5. The number of carbonyl (C=O) groups is 8. The topological polar surface area (TPSA) is 341 Å². The predicted octanol–water partition coefficient (Wildman–Crippen LogP) is 8.19. The van der Waals surface area contributed by atoms with E-state index in [1.54, 1.807) is 78.3 Å². The van der Waals surface area contributed by atoms with Gasteiger partial charge in [-0.3, -0.25) is 48.0 Å². The third-order valence-electron chi connectivity index (χ3n) is 20.0. The lowest BCUT2D eigenvalue weighted by Gasteiger charge is -2.40. The zero-order valence-electron chi connectivity index (χ0n) is 63.4. The number of likely N-dealkylation sites (N-methyl/N-ethyl adjacent to an activating group) is 2. The summed E-state index contributed by atoms with van der Waals surface area (Å²) in [4.78, 5) is 114. The summed E-state index contributed by atoms with van der Waals surface area (Å²) in [7, 11) is 8.73. The normalized spacial score (nSPS) is 16.1. The molecular weight excluding hydrogens is 1320 g/mol. The van der Waals surface area contributed by atoms with Crippen molar-refractivity contribution in [1.82, 2.24) is 45.9 Å². The molecule has 8 amide bonds. The maximum Gasteiger partial charge on any atom is 0.414 e. The summed E-state index contributed by atoms with van der Waals surface area (Å²) in [6.45, 7) is 20.5. The van der Waals surface area contributed by atoms with Gasteiger partial charge in [-0.25, -0.2) is 9.59 Å². The highest BCUT2D eigenvalue weighted by atomic mass is 16.6. The van der Waals surface area contributed by atoms with Crippen molar-refractivity contribution >= 4 is 59.0 Å². The molecule has 2 heterocycles. The van der Waals surface area contributed by atoms with Crippen LogP contribution < -0.4 is 42.5 Å². The van der Waals surface area contributed by atoms with Crippen LogP contribution in [0.1, 0.15) is 149 Å². The lowest BCUT2D eigenvalue weighted by molar-refractivity contribution is -0.142. The number of carbonyl (C=O) groups excluding carboxylic acids is 7. The molecule has 1 saturated heterocycles. The van der Waals surface area contributed by atoms with Gasteiger partial charge in [0.1, 0.15) is 30.8 Å². The Hall–Kier alpha value is -8.30. The smallest absolute Gasteiger partial charge is 0.414 e. The van der Waals surface area contributed by atoms with Gasteiger partial charge >= 0.3 is 18.1 Å². The van der Waals surface area contributed by atoms with Crippen molar-refractivity contribution in [3.05, 3.63) is 107 Å². The van der Waals surface area contributed by atoms with Crippen LogP contribution in [0, 0.1) is 23.7 Å². The number of methoxy groups -OCH3 is 2. The van der Waals surface area contributed by atoms with Crippen molar-refractivity contribution in [2.45, 2.75) is 213 Å². The van der Waals surface area contributed by atoms with Crippen LogP contribution in [0.5, 0.6) is 11.8 Å². The number of nitrogens with one attached hydrogen (secondary N) is 6. The Morgan fingerprint density at radius 3 is 2.00 bits per heavy atom. The first-order valence-electron chi connectivity index (χ1n) is 36.7. The van der Waals surface area contributed by atoms with Gasteiger partial charge in [-0.2, -0.15) is 0 Å². The van der Waals surface area contributed by atoms with Crippen LogP contribution in [-0.4, -0.2) is 205 Å². The molecule has 1 aromatic heterocycles. The van der Waals surface area contributed by atoms with Crippen LogP contribution in [0.2, 0.25) is 0 Å². The third kappa shape index (κ3) is 26.4. The summed E-state index contributed by atoms with van der Waals surface area (Å²) in [5.74, 6) is -3.10. The number of hydrogen-bond donors (Lipinski definition) is 10. The largest absolute Gasteiger partial charge is 0.494 e. The quantitative estimate of drug-likeness (QED) is 0.0186. The van der Waals surface area contributed by atoms with E-state index in [1.807, 2.05) is 87.3 Å². The van der Waals surface area contributed by atoms with Gasteiger partial charge in [0.15, 0.2) is 11.8 Å². The molecule has 26 heteroatoms. The fraction of sp³-hybridized carbons (Fsp3) is 0.610. The predicted molar refractivity (Wildman–Crippen MR) is 399 cm³/mol. The van der Waals surface area contributed by atoms with Crippen molar-refractivity contribution in [2.24, 2.45) is 29.4 Å². The van der Waals surface area contributed by atoms with Gasteiger partial charge in [-0.1, -0.05) is 123 Å². The molecule has 103 heavy (non-hydrogen) atoms. The number of amides is 8. The first-order valence-corrected chi connectivity index (χ1v) is 36.7. The Balaban J connectivity index is 1.09. The first-order chi connectivity index (χ1) is 49.0. The number of hydrogen-bond acceptors (Lipinski definition) is 16. The van der Waals surface area contributed by atoms with E-state index >= 15 is 0 Å². The fourth-order valence-corrected chi connectivity index (χ4v) is 13.8. The van der Waals surface area contributed by atoms with Gasteiger partial charge < -0.3 is 72.1 Å². The number of likely N-dealkylation sites (tertiary alicyclic amines) is 1. The van der Waals surface area contributed by atoms with Gasteiger partial charge in [0.2, 0.25) is 29.5 Å². The van der Waals surface area contributed by atoms with Crippen molar-refractivity contribution < 1.29 is 67.9 Å². The average Bonchev–Trinajstić information content (AvgIpc) is 1.40. The highest BCUT2D eigenvalue weighted by Crippen LogP contribution is 2.31. The third-order valence-corrected chi connectivity index (χ3v) is 20.0. The molecule has 0 radical (unpaired) electrons. The maximum absolute atomic E-state index is 14.4. The molecule has 1 aliphatic heterocycles. The van der Waals surface area contributed by atoms with E-state index in [9.17, 15) is 53.7 Å². The molecule has 1 fully saturated rings. The summed E-state index contributed by atoms with van der Waals surface area (Å²) in [6.07, 6.45) is 6.21. The second-order valence-electron chi connectivity index (χ2n) is 28.4. The summed E-state index contributed by atoms with van der Waals surface area (Å²) in [6, 6.07) is 20.3. The van der Waals surface area contributed by atoms with Crippen molar-refractivity contribution in [3.63, 3.8) is 0 Å². The standard InChI is InChI=1S/C77H120N12O14/c1-15-51(7)68(63(101-13)39-44-88-41-24-28-62(88)69(102-14)52(8)47-80-61(75(97)98)45-55-25-19-17-20-26-55)87(12)73(95)53(9)81-72(94)67(50(5)6)85(10)43-38-54-32-36-59(37-33-54)86(11)77(100)103-48-56-30-34-58(35-31-56)82-70(92)60(27-23-40-79-76(78)99)83-71(93)66(49(3)4)84-64(90)29-21-18-22-42-89-65(91)46-57(16-2)74(89)96/h17,19-20,25-26,30-37,46,49-53,60-63,66-69,80,91,96H,15-16,18,21-24,27-29,38-45,47-48H2,1-14H3,(H,81,94)(H,82,92)(H,83,93)(H,84,90)(H,97,98)(H3,78,79,99). The van der Waals surface area contributed by atoms with Crippen LogP contribution in [-0.2, 0) is 75.4 Å². The minimum atomic E-state index is -1.06. The summed E-state index contributed by atoms with van der Waals surface area (Å²) in [5.41, 5.74) is 9.48. The summed E-state index contributed by atoms with van der Waals surface area (Å²) >= 11 is 0. The highest BCUT2D eigenvalue weighted by Gasteiger charge is 2.40. The monoisotopic (exact) mass is 1440 g/mol. The number of primary amides is 1. The van der Waals surface area contributed by atoms with Crippen LogP contribution in [0.15, 0.2) is 84.9 Å². The minimum absolute atomic E-state index is 0.0165. The van der Waals surface area contributed by atoms with Crippen LogP contribution in [0.4, 0.5) is 21.0 Å². The number of aliphatic carboxylic acids is 1. The average molecular weight is 1440 g/mol. The molecule has 4 aromatic rings. The van der Waals surface area contributed by atoms with Crippen molar-refractivity contribution in [2.75, 3.05) is 78.3 Å². The maximum atomic E-state index is 14.4. The molecule has 11 atom stereocenters. The van der Waals surface area contributed by atoms with Crippen LogP contribution in [0.25, 0.3) is 0 Å². The van der Waals surface area contributed by atoms with Gasteiger partial charge in [0.25, 0.3) is 0 Å². The number of carboxylic acids is 1. The van der Waals surface area contributed by atoms with E-state index in [0.717, 1.165) is 43.5 Å². The zero-order chi connectivity index (χ0) is 76.0. The number of nitrogens with two attached hydrogens (primary N) is 1. The Morgan fingerprint density at radius 1 is 0.718 bits per heavy atom. The Bertz CT molecular complexity index is 3300. The van der Waals surface area contributed by atoms with E-state index in [0.29, 0.717) is 93.5 Å². The van der Waals surface area contributed by atoms with E-state index in [4.69, 9.17) is 19.9 Å². The Labute approximate surface area is 610 Å². The molecule has 0 spiro atoms. The molecule has 5 rings (SSSR count). The van der Waals surface area contributed by atoms with E-state index in [1.165, 1.54) is 15.5 Å². The Kier molecular flexibility index (Phi) is 35.7. The molecule has 0 aliphatic carbocycles. The number of urea groups is 1. The molecule has 26 nitrogen and oxygen atoms in total. The molecule has 0 saturated carbocycles. The number of ether oxygens (including phenoxy) is 3. The number of nitrogens with zero attached hydrogens (tertiary/aromatic N) is 5. The van der Waals surface area contributed by atoms with Gasteiger partial charge in [0, 0.05) is 96.5 Å². The number of aromatic nitrogens is 1.